The molecule has 0 unspecified atom stereocenters. The van der Waals surface area contributed by atoms with Crippen LogP contribution in [0.15, 0.2) is 18.2 Å². The molecule has 0 saturated carbocycles. The summed E-state index contributed by atoms with van der Waals surface area (Å²) in [5.74, 6) is 0.796. The van der Waals surface area contributed by atoms with E-state index >= 15 is 0 Å². The average Bonchev–Trinajstić information content (AvgIpc) is 2.61. The number of hydrogen-bond acceptors (Lipinski definition) is 3. The summed E-state index contributed by atoms with van der Waals surface area (Å²) >= 11 is 0. The van der Waals surface area contributed by atoms with Crippen molar-refractivity contribution in [1.82, 2.24) is 0 Å². The van der Waals surface area contributed by atoms with E-state index in [-0.39, 0.29) is 11.6 Å². The van der Waals surface area contributed by atoms with Gasteiger partial charge in [-0.2, -0.15) is 0 Å². The number of nitrogen functional groups attached to an aromatic ring is 1. The Labute approximate surface area is 110 Å². The van der Waals surface area contributed by atoms with Crippen molar-refractivity contribution < 1.29 is 4.74 Å². The standard InChI is InChI=1S/C15H24N2O/c1-11(2)18-13-8-5-7-12(14(13)16)17-10-6-9-15(17,3)4/h5,7-8,11H,6,9-10,16H2,1-4H3. The van der Waals surface area contributed by atoms with Crippen LogP contribution in [-0.2, 0) is 0 Å². The second-order valence-corrected chi connectivity index (χ2v) is 5.92. The lowest BCUT2D eigenvalue weighted by Gasteiger charge is -2.35. The number of para-hydroxylation sites is 1. The van der Waals surface area contributed by atoms with Crippen LogP contribution >= 0.6 is 0 Å². The fourth-order valence-corrected chi connectivity index (χ4v) is 2.68. The van der Waals surface area contributed by atoms with Crippen molar-refractivity contribution in [2.75, 3.05) is 17.2 Å². The molecule has 1 heterocycles. The number of rotatable bonds is 3. The molecule has 0 spiro atoms. The van der Waals surface area contributed by atoms with Gasteiger partial charge in [0.05, 0.1) is 17.5 Å². The van der Waals surface area contributed by atoms with E-state index in [9.17, 15) is 0 Å². The SMILES string of the molecule is CC(C)Oc1cccc(N2CCCC2(C)C)c1N. The Morgan fingerprint density at radius 1 is 1.33 bits per heavy atom. The third kappa shape index (κ3) is 2.40. The van der Waals surface area contributed by atoms with E-state index in [0.717, 1.165) is 23.7 Å². The van der Waals surface area contributed by atoms with Gasteiger partial charge in [-0.05, 0) is 52.7 Å². The van der Waals surface area contributed by atoms with Gasteiger partial charge in [-0.15, -0.1) is 0 Å². The Bertz CT molecular complexity index is 427. The highest BCUT2D eigenvalue weighted by Gasteiger charge is 2.33. The largest absolute Gasteiger partial charge is 0.489 e. The lowest BCUT2D eigenvalue weighted by atomic mass is 10.0. The summed E-state index contributed by atoms with van der Waals surface area (Å²) in [6, 6.07) is 6.06. The van der Waals surface area contributed by atoms with Crippen LogP contribution in [-0.4, -0.2) is 18.2 Å². The van der Waals surface area contributed by atoms with Gasteiger partial charge >= 0.3 is 0 Å². The van der Waals surface area contributed by atoms with Crippen LogP contribution < -0.4 is 15.4 Å². The van der Waals surface area contributed by atoms with Gasteiger partial charge in [0.15, 0.2) is 0 Å². The summed E-state index contributed by atoms with van der Waals surface area (Å²) in [6.07, 6.45) is 2.58. The van der Waals surface area contributed by atoms with Gasteiger partial charge in [-0.1, -0.05) is 6.07 Å². The van der Waals surface area contributed by atoms with E-state index in [4.69, 9.17) is 10.5 Å². The number of nitrogens with two attached hydrogens (primary N) is 1. The monoisotopic (exact) mass is 248 g/mol. The molecule has 3 heteroatoms. The Morgan fingerprint density at radius 3 is 2.61 bits per heavy atom. The molecule has 3 nitrogen and oxygen atoms in total. The smallest absolute Gasteiger partial charge is 0.144 e. The number of hydrogen-bond donors (Lipinski definition) is 1. The van der Waals surface area contributed by atoms with Crippen molar-refractivity contribution in [3.05, 3.63) is 18.2 Å². The first-order valence-corrected chi connectivity index (χ1v) is 6.74. The maximum atomic E-state index is 6.27. The summed E-state index contributed by atoms with van der Waals surface area (Å²) in [7, 11) is 0. The molecule has 0 aromatic heterocycles. The highest BCUT2D eigenvalue weighted by atomic mass is 16.5. The van der Waals surface area contributed by atoms with Crippen molar-refractivity contribution in [3.63, 3.8) is 0 Å². The molecule has 0 atom stereocenters. The van der Waals surface area contributed by atoms with Crippen molar-refractivity contribution in [2.45, 2.75) is 52.2 Å². The number of nitrogens with zero attached hydrogens (tertiary/aromatic N) is 1. The van der Waals surface area contributed by atoms with E-state index in [1.54, 1.807) is 0 Å². The summed E-state index contributed by atoms with van der Waals surface area (Å²) in [5.41, 5.74) is 8.32. The molecule has 1 aromatic carbocycles. The second kappa shape index (κ2) is 4.71. The van der Waals surface area contributed by atoms with Crippen molar-refractivity contribution >= 4 is 11.4 Å². The van der Waals surface area contributed by atoms with Crippen LogP contribution in [0.3, 0.4) is 0 Å². The topological polar surface area (TPSA) is 38.5 Å². The molecule has 0 aliphatic carbocycles. The molecular formula is C15H24N2O. The maximum Gasteiger partial charge on any atom is 0.144 e. The zero-order valence-electron chi connectivity index (χ0n) is 11.9. The molecule has 2 N–H and O–H groups in total. The van der Waals surface area contributed by atoms with Crippen molar-refractivity contribution in [1.29, 1.82) is 0 Å². The quantitative estimate of drug-likeness (QED) is 0.833. The first kappa shape index (κ1) is 13.1. The molecule has 0 amide bonds. The first-order valence-electron chi connectivity index (χ1n) is 6.74. The van der Waals surface area contributed by atoms with Gasteiger partial charge in [0.25, 0.3) is 0 Å². The third-order valence-corrected chi connectivity index (χ3v) is 3.60. The van der Waals surface area contributed by atoms with Crippen LogP contribution in [0.4, 0.5) is 11.4 Å². The van der Waals surface area contributed by atoms with Gasteiger partial charge in [-0.3, -0.25) is 0 Å². The summed E-state index contributed by atoms with van der Waals surface area (Å²) < 4.78 is 5.76. The van der Waals surface area contributed by atoms with Crippen molar-refractivity contribution in [3.8, 4) is 5.75 Å². The molecule has 1 aliphatic heterocycles. The van der Waals surface area contributed by atoms with Crippen LogP contribution in [0, 0.1) is 0 Å². The molecule has 2 rings (SSSR count). The summed E-state index contributed by atoms with van der Waals surface area (Å²) in [5, 5.41) is 0. The van der Waals surface area contributed by atoms with Gasteiger partial charge in [-0.25, -0.2) is 0 Å². The number of anilines is 2. The van der Waals surface area contributed by atoms with Crippen molar-refractivity contribution in [2.24, 2.45) is 0 Å². The number of benzene rings is 1. The third-order valence-electron chi connectivity index (χ3n) is 3.60. The fourth-order valence-electron chi connectivity index (χ4n) is 2.68. The molecule has 100 valence electrons. The molecule has 0 bridgehead atoms. The predicted molar refractivity (Wildman–Crippen MR) is 77.3 cm³/mol. The first-order chi connectivity index (χ1) is 8.42. The fraction of sp³-hybridized carbons (Fsp3) is 0.600. The maximum absolute atomic E-state index is 6.27. The van der Waals surface area contributed by atoms with Crippen LogP contribution in [0.5, 0.6) is 5.75 Å². The lowest BCUT2D eigenvalue weighted by molar-refractivity contribution is 0.244. The van der Waals surface area contributed by atoms with Crippen LogP contribution in [0.2, 0.25) is 0 Å². The van der Waals surface area contributed by atoms with E-state index < -0.39 is 0 Å². The highest BCUT2D eigenvalue weighted by molar-refractivity contribution is 5.75. The van der Waals surface area contributed by atoms with E-state index in [1.807, 2.05) is 26.0 Å². The highest BCUT2D eigenvalue weighted by Crippen LogP contribution is 2.40. The Morgan fingerprint density at radius 2 is 2.06 bits per heavy atom. The zero-order valence-corrected chi connectivity index (χ0v) is 11.9. The van der Waals surface area contributed by atoms with Crippen LogP contribution in [0.1, 0.15) is 40.5 Å². The minimum atomic E-state index is 0.147. The predicted octanol–water partition coefficient (Wildman–Crippen LogP) is 3.43. The molecule has 0 radical (unpaired) electrons. The molecule has 1 fully saturated rings. The Balaban J connectivity index is 2.34. The minimum absolute atomic E-state index is 0.147. The van der Waals surface area contributed by atoms with Gasteiger partial charge in [0.1, 0.15) is 5.75 Å². The number of ether oxygens (including phenoxy) is 1. The second-order valence-electron chi connectivity index (χ2n) is 5.92. The summed E-state index contributed by atoms with van der Waals surface area (Å²) in [6.45, 7) is 9.66. The molecule has 1 saturated heterocycles. The Kier molecular flexibility index (Phi) is 3.42. The minimum Gasteiger partial charge on any atom is -0.489 e. The average molecular weight is 248 g/mol. The zero-order chi connectivity index (χ0) is 13.3. The molecule has 1 aromatic rings. The van der Waals surface area contributed by atoms with Crippen LogP contribution in [0.25, 0.3) is 0 Å². The van der Waals surface area contributed by atoms with Gasteiger partial charge in [0.2, 0.25) is 0 Å². The van der Waals surface area contributed by atoms with E-state index in [1.165, 1.54) is 12.8 Å². The van der Waals surface area contributed by atoms with Gasteiger partial charge in [0, 0.05) is 12.1 Å². The normalized spacial score (nSPS) is 18.4. The summed E-state index contributed by atoms with van der Waals surface area (Å²) in [4.78, 5) is 2.40. The molecular weight excluding hydrogens is 224 g/mol. The Hall–Kier alpha value is -1.38. The van der Waals surface area contributed by atoms with E-state index in [0.29, 0.717) is 0 Å². The molecule has 18 heavy (non-hydrogen) atoms. The lowest BCUT2D eigenvalue weighted by Crippen LogP contribution is -2.38. The molecule has 1 aliphatic rings. The van der Waals surface area contributed by atoms with Gasteiger partial charge < -0.3 is 15.4 Å². The van der Waals surface area contributed by atoms with E-state index in [2.05, 4.69) is 24.8 Å².